The minimum atomic E-state index is 0.493. The summed E-state index contributed by atoms with van der Waals surface area (Å²) in [4.78, 5) is 4.52. The number of fused-ring (bicyclic) bond motifs is 1. The summed E-state index contributed by atoms with van der Waals surface area (Å²) in [5.41, 5.74) is 2.63. The molecule has 1 aromatic rings. The third-order valence-corrected chi connectivity index (χ3v) is 3.53. The summed E-state index contributed by atoms with van der Waals surface area (Å²) >= 11 is 3.48. The standard InChI is InChI=1S/C10H16BrN3/c1-3-4-7-9-8(5-6-12-7)13-10(11)14(9)2/h7,12H,3-6H2,1-2H3. The first kappa shape index (κ1) is 10.2. The van der Waals surface area contributed by atoms with Gasteiger partial charge in [0, 0.05) is 26.1 Å². The lowest BCUT2D eigenvalue weighted by molar-refractivity contribution is 0.447. The smallest absolute Gasteiger partial charge is 0.177 e. The molecule has 0 bridgehead atoms. The van der Waals surface area contributed by atoms with Crippen molar-refractivity contribution in [1.29, 1.82) is 0 Å². The first-order valence-corrected chi connectivity index (χ1v) is 5.97. The SMILES string of the molecule is CCCC1NCCc2nc(Br)n(C)c21. The molecule has 3 nitrogen and oxygen atoms in total. The monoisotopic (exact) mass is 257 g/mol. The molecule has 0 radical (unpaired) electrons. The first-order valence-electron chi connectivity index (χ1n) is 5.18. The van der Waals surface area contributed by atoms with Crippen LogP contribution in [0.4, 0.5) is 0 Å². The fourth-order valence-electron chi connectivity index (χ4n) is 2.14. The molecule has 14 heavy (non-hydrogen) atoms. The van der Waals surface area contributed by atoms with Crippen LogP contribution in [0.15, 0.2) is 4.73 Å². The zero-order valence-electron chi connectivity index (χ0n) is 8.68. The average molecular weight is 258 g/mol. The van der Waals surface area contributed by atoms with Gasteiger partial charge in [-0.3, -0.25) is 0 Å². The van der Waals surface area contributed by atoms with Gasteiger partial charge in [0.15, 0.2) is 4.73 Å². The van der Waals surface area contributed by atoms with Crippen molar-refractivity contribution in [2.45, 2.75) is 32.2 Å². The lowest BCUT2D eigenvalue weighted by Crippen LogP contribution is -2.31. The minimum Gasteiger partial charge on any atom is -0.324 e. The average Bonchev–Trinajstić information content (AvgIpc) is 2.45. The van der Waals surface area contributed by atoms with Crippen LogP contribution in [0.5, 0.6) is 0 Å². The van der Waals surface area contributed by atoms with Gasteiger partial charge < -0.3 is 9.88 Å². The van der Waals surface area contributed by atoms with Crippen LogP contribution >= 0.6 is 15.9 Å². The maximum absolute atomic E-state index is 4.52. The molecule has 0 aromatic carbocycles. The molecule has 1 aliphatic rings. The van der Waals surface area contributed by atoms with Crippen LogP contribution in [0.1, 0.15) is 37.2 Å². The Morgan fingerprint density at radius 1 is 1.64 bits per heavy atom. The molecule has 0 fully saturated rings. The van der Waals surface area contributed by atoms with Crippen molar-refractivity contribution in [3.05, 3.63) is 16.1 Å². The van der Waals surface area contributed by atoms with Gasteiger partial charge in [0.1, 0.15) is 0 Å². The molecule has 0 amide bonds. The van der Waals surface area contributed by atoms with Crippen molar-refractivity contribution in [3.63, 3.8) is 0 Å². The summed E-state index contributed by atoms with van der Waals surface area (Å²) in [6, 6.07) is 0.493. The molecule has 2 rings (SSSR count). The zero-order chi connectivity index (χ0) is 10.1. The van der Waals surface area contributed by atoms with Crippen LogP contribution in [0.25, 0.3) is 0 Å². The van der Waals surface area contributed by atoms with Gasteiger partial charge in [-0.05, 0) is 22.4 Å². The summed E-state index contributed by atoms with van der Waals surface area (Å²) in [5.74, 6) is 0. The lowest BCUT2D eigenvalue weighted by Gasteiger charge is -2.24. The normalized spacial score (nSPS) is 20.9. The Morgan fingerprint density at radius 2 is 2.43 bits per heavy atom. The van der Waals surface area contributed by atoms with Gasteiger partial charge >= 0.3 is 0 Å². The highest BCUT2D eigenvalue weighted by Gasteiger charge is 2.24. The van der Waals surface area contributed by atoms with E-state index in [2.05, 4.69) is 44.8 Å². The Morgan fingerprint density at radius 3 is 3.14 bits per heavy atom. The van der Waals surface area contributed by atoms with Crippen LogP contribution in [0.3, 0.4) is 0 Å². The number of nitrogens with zero attached hydrogens (tertiary/aromatic N) is 2. The number of hydrogen-bond acceptors (Lipinski definition) is 2. The molecule has 1 aliphatic heterocycles. The molecular weight excluding hydrogens is 242 g/mol. The van der Waals surface area contributed by atoms with Crippen LogP contribution in [0, 0.1) is 0 Å². The number of halogens is 1. The van der Waals surface area contributed by atoms with Crippen molar-refractivity contribution in [2.24, 2.45) is 7.05 Å². The van der Waals surface area contributed by atoms with E-state index in [1.54, 1.807) is 0 Å². The number of imidazole rings is 1. The molecule has 1 N–H and O–H groups in total. The van der Waals surface area contributed by atoms with Crippen LogP contribution in [-0.2, 0) is 13.5 Å². The Bertz CT molecular complexity index is 332. The third-order valence-electron chi connectivity index (χ3n) is 2.82. The fourth-order valence-corrected chi connectivity index (χ4v) is 2.55. The number of nitrogens with one attached hydrogen (secondary N) is 1. The lowest BCUT2D eigenvalue weighted by atomic mass is 10.0. The topological polar surface area (TPSA) is 29.9 Å². The molecule has 0 spiro atoms. The van der Waals surface area contributed by atoms with E-state index >= 15 is 0 Å². The van der Waals surface area contributed by atoms with Gasteiger partial charge in [0.05, 0.1) is 11.4 Å². The molecule has 4 heteroatoms. The van der Waals surface area contributed by atoms with E-state index in [4.69, 9.17) is 0 Å². The first-order chi connectivity index (χ1) is 6.74. The number of hydrogen-bond donors (Lipinski definition) is 1. The maximum atomic E-state index is 4.52. The fraction of sp³-hybridized carbons (Fsp3) is 0.700. The van der Waals surface area contributed by atoms with Crippen molar-refractivity contribution >= 4 is 15.9 Å². The highest BCUT2D eigenvalue weighted by Crippen LogP contribution is 2.28. The molecule has 78 valence electrons. The molecule has 1 atom stereocenters. The van der Waals surface area contributed by atoms with E-state index in [1.807, 2.05) is 0 Å². The van der Waals surface area contributed by atoms with Crippen LogP contribution < -0.4 is 5.32 Å². The summed E-state index contributed by atoms with van der Waals surface area (Å²) in [5, 5.41) is 3.55. The molecule has 2 heterocycles. The molecule has 1 aromatic heterocycles. The summed E-state index contributed by atoms with van der Waals surface area (Å²) in [6.07, 6.45) is 3.45. The van der Waals surface area contributed by atoms with E-state index < -0.39 is 0 Å². The van der Waals surface area contributed by atoms with Gasteiger partial charge in [-0.15, -0.1) is 0 Å². The quantitative estimate of drug-likeness (QED) is 0.881. The van der Waals surface area contributed by atoms with Crippen molar-refractivity contribution in [2.75, 3.05) is 6.54 Å². The second-order valence-corrected chi connectivity index (χ2v) is 4.53. The van der Waals surface area contributed by atoms with Gasteiger partial charge in [-0.2, -0.15) is 0 Å². The number of aromatic nitrogens is 2. The molecule has 0 saturated carbocycles. The Balaban J connectivity index is 2.36. The highest BCUT2D eigenvalue weighted by atomic mass is 79.9. The largest absolute Gasteiger partial charge is 0.324 e. The van der Waals surface area contributed by atoms with E-state index in [1.165, 1.54) is 24.2 Å². The van der Waals surface area contributed by atoms with Crippen molar-refractivity contribution < 1.29 is 0 Å². The van der Waals surface area contributed by atoms with Gasteiger partial charge in [0.25, 0.3) is 0 Å². The van der Waals surface area contributed by atoms with E-state index in [-0.39, 0.29) is 0 Å². The molecule has 0 saturated heterocycles. The van der Waals surface area contributed by atoms with Gasteiger partial charge in [0.2, 0.25) is 0 Å². The van der Waals surface area contributed by atoms with E-state index in [0.29, 0.717) is 6.04 Å². The predicted octanol–water partition coefficient (Wildman–Crippen LogP) is 2.17. The second kappa shape index (κ2) is 4.03. The summed E-state index contributed by atoms with van der Waals surface area (Å²) in [6.45, 7) is 3.28. The molecule has 1 unspecified atom stereocenters. The Hall–Kier alpha value is -0.350. The van der Waals surface area contributed by atoms with Gasteiger partial charge in [-0.25, -0.2) is 4.98 Å². The van der Waals surface area contributed by atoms with E-state index in [0.717, 1.165) is 17.7 Å². The maximum Gasteiger partial charge on any atom is 0.177 e. The van der Waals surface area contributed by atoms with Crippen LogP contribution in [0.2, 0.25) is 0 Å². The Kier molecular flexibility index (Phi) is 2.93. The highest BCUT2D eigenvalue weighted by molar-refractivity contribution is 9.10. The zero-order valence-corrected chi connectivity index (χ0v) is 10.3. The Labute approximate surface area is 93.0 Å². The summed E-state index contributed by atoms with van der Waals surface area (Å²) < 4.78 is 3.11. The number of rotatable bonds is 2. The molecule has 0 aliphatic carbocycles. The van der Waals surface area contributed by atoms with Crippen molar-refractivity contribution in [3.8, 4) is 0 Å². The van der Waals surface area contributed by atoms with Crippen molar-refractivity contribution in [1.82, 2.24) is 14.9 Å². The minimum absolute atomic E-state index is 0.493. The van der Waals surface area contributed by atoms with E-state index in [9.17, 15) is 0 Å². The molecular formula is C10H16BrN3. The van der Waals surface area contributed by atoms with Gasteiger partial charge in [-0.1, -0.05) is 13.3 Å². The second-order valence-electron chi connectivity index (χ2n) is 3.82. The predicted molar refractivity (Wildman–Crippen MR) is 60.3 cm³/mol. The third kappa shape index (κ3) is 1.61. The van der Waals surface area contributed by atoms with Crippen LogP contribution in [-0.4, -0.2) is 16.1 Å². The summed E-state index contributed by atoms with van der Waals surface area (Å²) in [7, 11) is 2.07.